The van der Waals surface area contributed by atoms with Gasteiger partial charge in [0, 0.05) is 35.7 Å². The second-order valence-electron chi connectivity index (χ2n) is 7.15. The number of aromatic nitrogens is 1. The van der Waals surface area contributed by atoms with E-state index >= 15 is 0 Å². The number of piperidine rings is 1. The van der Waals surface area contributed by atoms with Gasteiger partial charge < -0.3 is 19.5 Å². The molecule has 1 aromatic heterocycles. The zero-order valence-corrected chi connectivity index (χ0v) is 16.4. The first-order valence-corrected chi connectivity index (χ1v) is 9.84. The van der Waals surface area contributed by atoms with Gasteiger partial charge in [0.05, 0.1) is 12.2 Å². The van der Waals surface area contributed by atoms with E-state index in [9.17, 15) is 4.79 Å². The van der Waals surface area contributed by atoms with Crippen molar-refractivity contribution in [2.24, 2.45) is 0 Å². The highest BCUT2D eigenvalue weighted by molar-refractivity contribution is 9.10. The van der Waals surface area contributed by atoms with Gasteiger partial charge in [0.25, 0.3) is 0 Å². The summed E-state index contributed by atoms with van der Waals surface area (Å²) in [5.74, 6) is 1.60. The molecule has 0 unspecified atom stereocenters. The predicted octanol–water partition coefficient (Wildman–Crippen LogP) is 4.65. The Morgan fingerprint density at radius 3 is 2.81 bits per heavy atom. The highest BCUT2D eigenvalue weighted by atomic mass is 79.9. The Bertz CT molecular complexity index is 819. The van der Waals surface area contributed by atoms with Crippen LogP contribution in [-0.2, 0) is 4.74 Å². The molecule has 3 heterocycles. The maximum atomic E-state index is 11.1. The molecule has 142 valence electrons. The van der Waals surface area contributed by atoms with E-state index in [1.807, 2.05) is 30.3 Å². The van der Waals surface area contributed by atoms with Crippen molar-refractivity contribution in [1.82, 2.24) is 9.88 Å². The number of carbonyl (C=O) groups is 1. The summed E-state index contributed by atoms with van der Waals surface area (Å²) in [4.78, 5) is 16.8. The van der Waals surface area contributed by atoms with Crippen LogP contribution in [0.4, 0.5) is 4.79 Å². The summed E-state index contributed by atoms with van der Waals surface area (Å²) in [7, 11) is 0. The van der Waals surface area contributed by atoms with Gasteiger partial charge in [0.15, 0.2) is 0 Å². The van der Waals surface area contributed by atoms with Gasteiger partial charge in [0.1, 0.15) is 5.75 Å². The maximum absolute atomic E-state index is 11.1. The lowest BCUT2D eigenvalue weighted by Gasteiger charge is -2.37. The number of likely N-dealkylation sites (tertiary alicyclic amines) is 1. The lowest BCUT2D eigenvalue weighted by Crippen LogP contribution is -2.45. The van der Waals surface area contributed by atoms with E-state index in [0.29, 0.717) is 31.5 Å². The summed E-state index contributed by atoms with van der Waals surface area (Å²) in [6.07, 6.45) is 3.30. The summed E-state index contributed by atoms with van der Waals surface area (Å²) in [5, 5.41) is 9.13. The molecule has 2 aromatic rings. The third kappa shape index (κ3) is 4.09. The van der Waals surface area contributed by atoms with Crippen molar-refractivity contribution in [2.45, 2.75) is 30.8 Å². The third-order valence-electron chi connectivity index (χ3n) is 5.41. The Hall–Kier alpha value is -2.12. The average Bonchev–Trinajstić information content (AvgIpc) is 3.08. The van der Waals surface area contributed by atoms with E-state index in [2.05, 4.69) is 27.0 Å². The Kier molecular flexibility index (Phi) is 5.06. The van der Waals surface area contributed by atoms with Crippen LogP contribution in [0.3, 0.4) is 0 Å². The van der Waals surface area contributed by atoms with Gasteiger partial charge in [-0.05, 0) is 59.0 Å². The Balaban J connectivity index is 1.42. The van der Waals surface area contributed by atoms with Crippen molar-refractivity contribution in [1.29, 1.82) is 0 Å². The molecule has 0 bridgehead atoms. The number of carboxylic acid groups (broad SMARTS) is 1. The maximum Gasteiger partial charge on any atom is 0.407 e. The van der Waals surface area contributed by atoms with Gasteiger partial charge >= 0.3 is 6.09 Å². The van der Waals surface area contributed by atoms with Crippen LogP contribution < -0.4 is 4.74 Å². The highest BCUT2D eigenvalue weighted by Crippen LogP contribution is 2.43. The molecule has 1 N–H and O–H groups in total. The quantitative estimate of drug-likeness (QED) is 0.763. The SMILES string of the molecule is O=C(O)N1CCC2(CC1)C[C@H](c1cccc(Oc3ccc(Br)cn3)c1)CO2. The van der Waals surface area contributed by atoms with Gasteiger partial charge in [-0.15, -0.1) is 0 Å². The molecule has 6 nitrogen and oxygen atoms in total. The fraction of sp³-hybridized carbons (Fsp3) is 0.400. The first kappa shape index (κ1) is 18.3. The summed E-state index contributed by atoms with van der Waals surface area (Å²) in [6.45, 7) is 1.74. The van der Waals surface area contributed by atoms with Gasteiger partial charge in [0.2, 0.25) is 5.88 Å². The number of nitrogens with zero attached hydrogens (tertiary/aromatic N) is 2. The number of benzene rings is 1. The summed E-state index contributed by atoms with van der Waals surface area (Å²) in [5.41, 5.74) is 0.989. The molecule has 1 atom stereocenters. The fourth-order valence-corrected chi connectivity index (χ4v) is 4.12. The number of halogens is 1. The molecule has 4 rings (SSSR count). The molecule has 1 amide bonds. The molecule has 2 aliphatic rings. The van der Waals surface area contributed by atoms with Crippen LogP contribution in [0.25, 0.3) is 0 Å². The van der Waals surface area contributed by atoms with Crippen molar-refractivity contribution < 1.29 is 19.4 Å². The third-order valence-corrected chi connectivity index (χ3v) is 5.88. The van der Waals surface area contributed by atoms with E-state index in [1.54, 1.807) is 6.20 Å². The zero-order chi connectivity index (χ0) is 18.9. The molecule has 27 heavy (non-hydrogen) atoms. The van der Waals surface area contributed by atoms with E-state index in [0.717, 1.165) is 29.5 Å². The Morgan fingerprint density at radius 2 is 2.11 bits per heavy atom. The van der Waals surface area contributed by atoms with Crippen molar-refractivity contribution in [2.75, 3.05) is 19.7 Å². The van der Waals surface area contributed by atoms with Crippen LogP contribution >= 0.6 is 15.9 Å². The Morgan fingerprint density at radius 1 is 1.30 bits per heavy atom. The fourth-order valence-electron chi connectivity index (χ4n) is 3.89. The molecule has 1 aromatic carbocycles. The van der Waals surface area contributed by atoms with Crippen LogP contribution in [0.1, 0.15) is 30.7 Å². The van der Waals surface area contributed by atoms with E-state index in [-0.39, 0.29) is 5.60 Å². The summed E-state index contributed by atoms with van der Waals surface area (Å²) >= 11 is 3.37. The topological polar surface area (TPSA) is 71.9 Å². The normalized spacial score (nSPS) is 21.4. The second kappa shape index (κ2) is 7.48. The predicted molar refractivity (Wildman–Crippen MR) is 103 cm³/mol. The lowest BCUT2D eigenvalue weighted by atomic mass is 9.83. The molecule has 2 saturated heterocycles. The highest BCUT2D eigenvalue weighted by Gasteiger charge is 2.43. The monoisotopic (exact) mass is 432 g/mol. The number of pyridine rings is 1. The largest absolute Gasteiger partial charge is 0.465 e. The second-order valence-corrected chi connectivity index (χ2v) is 8.07. The minimum absolute atomic E-state index is 0.194. The number of hydrogen-bond acceptors (Lipinski definition) is 4. The molecule has 0 radical (unpaired) electrons. The molecule has 1 spiro atoms. The van der Waals surface area contributed by atoms with Crippen molar-refractivity contribution >= 4 is 22.0 Å². The van der Waals surface area contributed by atoms with Crippen LogP contribution in [0.15, 0.2) is 47.1 Å². The molecule has 7 heteroatoms. The van der Waals surface area contributed by atoms with Gasteiger partial charge in [-0.3, -0.25) is 0 Å². The zero-order valence-electron chi connectivity index (χ0n) is 14.8. The summed E-state index contributed by atoms with van der Waals surface area (Å²) < 4.78 is 12.9. The molecular formula is C20H21BrN2O4. The van der Waals surface area contributed by atoms with Crippen LogP contribution in [-0.4, -0.2) is 46.4 Å². The summed E-state index contributed by atoms with van der Waals surface area (Å²) in [6, 6.07) is 11.8. The molecular weight excluding hydrogens is 412 g/mol. The standard InChI is InChI=1S/C20H21BrN2O4/c21-16-4-5-18(22-12-16)27-17-3-1-2-14(10-17)15-11-20(26-13-15)6-8-23(9-7-20)19(24)25/h1-5,10,12,15H,6-9,11,13H2,(H,24,25)/t15-/m0/s1. The first-order valence-electron chi connectivity index (χ1n) is 9.04. The first-order chi connectivity index (χ1) is 13.0. The number of amides is 1. The number of rotatable bonds is 3. The van der Waals surface area contributed by atoms with Gasteiger partial charge in [-0.1, -0.05) is 12.1 Å². The van der Waals surface area contributed by atoms with Crippen molar-refractivity contribution in [3.8, 4) is 11.6 Å². The lowest BCUT2D eigenvalue weighted by molar-refractivity contribution is -0.0394. The molecule has 2 aliphatic heterocycles. The minimum atomic E-state index is -0.842. The van der Waals surface area contributed by atoms with Gasteiger partial charge in [-0.2, -0.15) is 0 Å². The van der Waals surface area contributed by atoms with Crippen molar-refractivity contribution in [3.05, 3.63) is 52.6 Å². The van der Waals surface area contributed by atoms with E-state index in [1.165, 1.54) is 10.5 Å². The minimum Gasteiger partial charge on any atom is -0.465 e. The van der Waals surface area contributed by atoms with E-state index in [4.69, 9.17) is 14.6 Å². The Labute approximate surface area is 166 Å². The van der Waals surface area contributed by atoms with Crippen molar-refractivity contribution in [3.63, 3.8) is 0 Å². The smallest absolute Gasteiger partial charge is 0.407 e. The molecule has 2 fully saturated rings. The van der Waals surface area contributed by atoms with Crippen LogP contribution in [0, 0.1) is 0 Å². The molecule has 0 saturated carbocycles. The molecule has 0 aliphatic carbocycles. The van der Waals surface area contributed by atoms with E-state index < -0.39 is 6.09 Å². The van der Waals surface area contributed by atoms with Gasteiger partial charge in [-0.25, -0.2) is 9.78 Å². The average molecular weight is 433 g/mol. The van der Waals surface area contributed by atoms with Crippen LogP contribution in [0.2, 0.25) is 0 Å². The van der Waals surface area contributed by atoms with Crippen LogP contribution in [0.5, 0.6) is 11.6 Å². The number of ether oxygens (including phenoxy) is 2. The number of hydrogen-bond donors (Lipinski definition) is 1.